The van der Waals surface area contributed by atoms with Crippen LogP contribution in [0.25, 0.3) is 5.69 Å². The van der Waals surface area contributed by atoms with Crippen molar-refractivity contribution in [3.8, 4) is 5.69 Å². The van der Waals surface area contributed by atoms with Crippen molar-refractivity contribution in [2.45, 2.75) is 31.2 Å². The molecule has 0 N–H and O–H groups in total. The molecule has 0 amide bonds. The van der Waals surface area contributed by atoms with Gasteiger partial charge in [0, 0.05) is 10.6 Å². The number of nitrogens with zero attached hydrogens (tertiary/aromatic N) is 4. The summed E-state index contributed by atoms with van der Waals surface area (Å²) in [5.41, 5.74) is 4.15. The van der Waals surface area contributed by atoms with Gasteiger partial charge in [0.25, 0.3) is 0 Å². The molecule has 0 aliphatic carbocycles. The lowest BCUT2D eigenvalue weighted by molar-refractivity contribution is -0.479. The first kappa shape index (κ1) is 18.1. The van der Waals surface area contributed by atoms with Crippen LogP contribution in [0.15, 0.2) is 53.7 Å². The SMILES string of the molecule is Cc1ccc([C@@H](C[N+](=O)[O-])Sc2nnc(C)n2-c2ccc(C)cc2)cc1. The van der Waals surface area contributed by atoms with Crippen LogP contribution in [0, 0.1) is 30.9 Å². The van der Waals surface area contributed by atoms with Gasteiger partial charge in [0.1, 0.15) is 11.1 Å². The number of aryl methyl sites for hydroxylation is 3. The van der Waals surface area contributed by atoms with Crippen LogP contribution in [0.3, 0.4) is 0 Å². The van der Waals surface area contributed by atoms with Crippen LogP contribution >= 0.6 is 11.8 Å². The number of nitro groups is 1. The molecule has 0 aliphatic heterocycles. The summed E-state index contributed by atoms with van der Waals surface area (Å²) in [5, 5.41) is 19.9. The van der Waals surface area contributed by atoms with Crippen LogP contribution in [0.5, 0.6) is 0 Å². The Hall–Kier alpha value is -2.67. The van der Waals surface area contributed by atoms with Crippen molar-refractivity contribution < 1.29 is 4.92 Å². The molecule has 0 saturated heterocycles. The lowest BCUT2D eigenvalue weighted by Crippen LogP contribution is -2.11. The highest BCUT2D eigenvalue weighted by Gasteiger charge is 2.23. The monoisotopic (exact) mass is 368 g/mol. The topological polar surface area (TPSA) is 73.8 Å². The van der Waals surface area contributed by atoms with E-state index in [0.717, 1.165) is 22.6 Å². The Kier molecular flexibility index (Phi) is 5.37. The first-order valence-electron chi connectivity index (χ1n) is 8.28. The first-order valence-corrected chi connectivity index (χ1v) is 9.16. The summed E-state index contributed by atoms with van der Waals surface area (Å²) in [4.78, 5) is 10.9. The van der Waals surface area contributed by atoms with Crippen molar-refractivity contribution in [2.24, 2.45) is 0 Å². The second-order valence-corrected chi connectivity index (χ2v) is 7.40. The molecule has 0 aliphatic rings. The third kappa shape index (κ3) is 4.11. The minimum absolute atomic E-state index is 0.173. The maximum Gasteiger partial charge on any atom is 0.220 e. The molecule has 134 valence electrons. The highest BCUT2D eigenvalue weighted by Crippen LogP contribution is 2.36. The molecule has 6 nitrogen and oxygen atoms in total. The van der Waals surface area contributed by atoms with Crippen molar-refractivity contribution in [1.29, 1.82) is 0 Å². The summed E-state index contributed by atoms with van der Waals surface area (Å²) >= 11 is 1.37. The van der Waals surface area contributed by atoms with Gasteiger partial charge in [0.15, 0.2) is 5.16 Å². The molecule has 0 saturated carbocycles. The molecule has 1 aromatic heterocycles. The van der Waals surface area contributed by atoms with E-state index < -0.39 is 0 Å². The maximum atomic E-state index is 11.2. The van der Waals surface area contributed by atoms with Gasteiger partial charge in [0.05, 0.1) is 0 Å². The van der Waals surface area contributed by atoms with Gasteiger partial charge in [-0.2, -0.15) is 0 Å². The molecule has 2 aromatic carbocycles. The lowest BCUT2D eigenvalue weighted by Gasteiger charge is -2.14. The molecule has 0 radical (unpaired) electrons. The minimum Gasteiger partial charge on any atom is -0.274 e. The van der Waals surface area contributed by atoms with Crippen LogP contribution in [0.4, 0.5) is 0 Å². The van der Waals surface area contributed by atoms with E-state index in [9.17, 15) is 10.1 Å². The van der Waals surface area contributed by atoms with E-state index in [1.807, 2.05) is 73.9 Å². The number of hydrogen-bond acceptors (Lipinski definition) is 5. The largest absolute Gasteiger partial charge is 0.274 e. The Morgan fingerprint density at radius 3 is 2.15 bits per heavy atom. The average molecular weight is 368 g/mol. The van der Waals surface area contributed by atoms with E-state index in [4.69, 9.17) is 0 Å². The van der Waals surface area contributed by atoms with Gasteiger partial charge >= 0.3 is 0 Å². The third-order valence-corrected chi connectivity index (χ3v) is 5.28. The van der Waals surface area contributed by atoms with Gasteiger partial charge in [-0.15, -0.1) is 10.2 Å². The summed E-state index contributed by atoms with van der Waals surface area (Å²) in [7, 11) is 0. The smallest absolute Gasteiger partial charge is 0.220 e. The highest BCUT2D eigenvalue weighted by molar-refractivity contribution is 7.99. The zero-order valence-electron chi connectivity index (χ0n) is 14.9. The Labute approximate surface area is 156 Å². The quantitative estimate of drug-likeness (QED) is 0.368. The van der Waals surface area contributed by atoms with Crippen LogP contribution in [0.1, 0.15) is 27.8 Å². The van der Waals surface area contributed by atoms with Gasteiger partial charge in [-0.1, -0.05) is 59.3 Å². The molecular weight excluding hydrogens is 348 g/mol. The Morgan fingerprint density at radius 2 is 1.58 bits per heavy atom. The van der Waals surface area contributed by atoms with E-state index in [0.29, 0.717) is 5.16 Å². The summed E-state index contributed by atoms with van der Waals surface area (Å²) < 4.78 is 1.94. The van der Waals surface area contributed by atoms with E-state index in [-0.39, 0.29) is 16.7 Å². The first-order chi connectivity index (χ1) is 12.4. The molecule has 7 heteroatoms. The second-order valence-electron chi connectivity index (χ2n) is 6.23. The maximum absolute atomic E-state index is 11.2. The van der Waals surface area contributed by atoms with Crippen LogP contribution in [-0.4, -0.2) is 26.2 Å². The molecule has 0 fully saturated rings. The minimum atomic E-state index is -0.335. The fraction of sp³-hybridized carbons (Fsp3) is 0.263. The fourth-order valence-electron chi connectivity index (χ4n) is 2.66. The molecule has 3 aromatic rings. The summed E-state index contributed by atoms with van der Waals surface area (Å²) in [5.74, 6) is 0.750. The highest BCUT2D eigenvalue weighted by atomic mass is 32.2. The molecule has 26 heavy (non-hydrogen) atoms. The zero-order valence-corrected chi connectivity index (χ0v) is 15.7. The molecule has 0 bridgehead atoms. The van der Waals surface area contributed by atoms with Crippen molar-refractivity contribution >= 4 is 11.8 Å². The van der Waals surface area contributed by atoms with Crippen LogP contribution in [-0.2, 0) is 0 Å². The Morgan fingerprint density at radius 1 is 1.00 bits per heavy atom. The predicted molar refractivity (Wildman–Crippen MR) is 102 cm³/mol. The zero-order chi connectivity index (χ0) is 18.7. The number of thioether (sulfide) groups is 1. The number of rotatable bonds is 6. The summed E-state index contributed by atoms with van der Waals surface area (Å²) in [6.45, 7) is 5.73. The Bertz CT molecular complexity index is 904. The van der Waals surface area contributed by atoms with E-state index >= 15 is 0 Å². The van der Waals surface area contributed by atoms with E-state index in [1.54, 1.807) is 0 Å². The van der Waals surface area contributed by atoms with Crippen LogP contribution in [0.2, 0.25) is 0 Å². The molecule has 3 rings (SSSR count). The molecule has 1 heterocycles. The number of hydrogen-bond donors (Lipinski definition) is 0. The van der Waals surface area contributed by atoms with Crippen molar-refractivity contribution in [3.63, 3.8) is 0 Å². The Balaban J connectivity index is 1.95. The summed E-state index contributed by atoms with van der Waals surface area (Å²) in [6.07, 6.45) is 0. The average Bonchev–Trinajstić information content (AvgIpc) is 2.96. The molecular formula is C19H20N4O2S. The molecule has 0 spiro atoms. The molecule has 1 atom stereocenters. The van der Waals surface area contributed by atoms with Gasteiger partial charge in [0.2, 0.25) is 6.54 Å². The van der Waals surface area contributed by atoms with Gasteiger partial charge in [-0.3, -0.25) is 14.7 Å². The lowest BCUT2D eigenvalue weighted by atomic mass is 10.1. The predicted octanol–water partition coefficient (Wildman–Crippen LogP) is 4.30. The fourth-order valence-corrected chi connectivity index (χ4v) is 3.84. The van der Waals surface area contributed by atoms with Gasteiger partial charge < -0.3 is 0 Å². The molecule has 0 unspecified atom stereocenters. The van der Waals surface area contributed by atoms with Crippen molar-refractivity contribution in [1.82, 2.24) is 14.8 Å². The standard InChI is InChI=1S/C19H20N4O2S/c1-13-4-8-16(9-5-13)18(12-22(24)25)26-19-21-20-15(3)23(19)17-10-6-14(2)7-11-17/h4-11,18H,12H2,1-3H3/t18-/m1/s1. The van der Waals surface area contributed by atoms with Gasteiger partial charge in [-0.05, 0) is 38.5 Å². The van der Waals surface area contributed by atoms with E-state index in [2.05, 4.69) is 10.2 Å². The van der Waals surface area contributed by atoms with Crippen molar-refractivity contribution in [2.75, 3.05) is 6.54 Å². The van der Waals surface area contributed by atoms with Crippen LogP contribution < -0.4 is 0 Å². The van der Waals surface area contributed by atoms with E-state index in [1.165, 1.54) is 17.3 Å². The number of aromatic nitrogens is 3. The van der Waals surface area contributed by atoms with Crippen molar-refractivity contribution in [3.05, 3.63) is 81.2 Å². The summed E-state index contributed by atoms with van der Waals surface area (Å²) in [6, 6.07) is 15.9. The normalized spacial score (nSPS) is 12.1. The third-order valence-electron chi connectivity index (χ3n) is 4.10. The van der Waals surface area contributed by atoms with Gasteiger partial charge in [-0.25, -0.2) is 0 Å². The number of benzene rings is 2. The second kappa shape index (κ2) is 7.70.